The van der Waals surface area contributed by atoms with E-state index in [1.165, 1.54) is 38.5 Å². The van der Waals surface area contributed by atoms with Crippen LogP contribution < -0.4 is 10.8 Å². The van der Waals surface area contributed by atoms with E-state index in [1.54, 1.807) is 0 Å². The minimum atomic E-state index is -0.981. The molecule has 1 amide bonds. The largest absolute Gasteiger partial charge is 0.481 e. The molecule has 0 spiro atoms. The maximum absolute atomic E-state index is 13.5. The third kappa shape index (κ3) is 13.1. The van der Waals surface area contributed by atoms with Gasteiger partial charge < -0.3 is 34.6 Å². The molecule has 0 aliphatic heterocycles. The van der Waals surface area contributed by atoms with Gasteiger partial charge in [0.25, 0.3) is 0 Å². The van der Waals surface area contributed by atoms with Gasteiger partial charge in [-0.3, -0.25) is 24.0 Å². The Hall–Kier alpha value is -2.77. The second-order valence-corrected chi connectivity index (χ2v) is 18.6. The zero-order valence-electron chi connectivity index (χ0n) is 34.1. The van der Waals surface area contributed by atoms with Crippen molar-refractivity contribution in [3.05, 3.63) is 0 Å². The highest BCUT2D eigenvalue weighted by atomic mass is 16.6. The van der Waals surface area contributed by atoms with Gasteiger partial charge in [-0.1, -0.05) is 38.5 Å². The van der Waals surface area contributed by atoms with E-state index in [2.05, 4.69) is 10.8 Å². The van der Waals surface area contributed by atoms with Crippen LogP contribution in [0.4, 0.5) is 0 Å². The van der Waals surface area contributed by atoms with E-state index in [1.807, 2.05) is 0 Å². The number of carbonyl (C=O) groups excluding carboxylic acids is 3. The van der Waals surface area contributed by atoms with Crippen LogP contribution in [0.5, 0.6) is 0 Å². The highest BCUT2D eigenvalue weighted by Gasteiger charge is 2.43. The van der Waals surface area contributed by atoms with Gasteiger partial charge >= 0.3 is 23.9 Å². The van der Waals surface area contributed by atoms with Crippen molar-refractivity contribution in [2.24, 2.45) is 47.3 Å². The minimum Gasteiger partial charge on any atom is -0.481 e. The number of carbonyl (C=O) groups is 5. The first kappa shape index (κ1) is 43.8. The van der Waals surface area contributed by atoms with Gasteiger partial charge in [0.2, 0.25) is 5.91 Å². The number of hydrogen-bond acceptors (Lipinski definition) is 10. The van der Waals surface area contributed by atoms with Gasteiger partial charge in [-0.05, 0) is 133 Å². The maximum Gasteiger partial charge on any atom is 0.308 e. The number of hydrogen-bond donors (Lipinski definition) is 4. The average Bonchev–Trinajstić information content (AvgIpc) is 3.23. The lowest BCUT2D eigenvalue weighted by Crippen LogP contribution is -2.47. The molecule has 322 valence electrons. The lowest BCUT2D eigenvalue weighted by Gasteiger charge is -2.37. The van der Waals surface area contributed by atoms with Crippen LogP contribution in [0, 0.1) is 47.3 Å². The van der Waals surface area contributed by atoms with E-state index in [4.69, 9.17) is 19.0 Å². The van der Waals surface area contributed by atoms with Crippen molar-refractivity contribution < 1.29 is 53.2 Å². The van der Waals surface area contributed by atoms with Gasteiger partial charge in [-0.15, -0.1) is 0 Å². The highest BCUT2D eigenvalue weighted by Crippen LogP contribution is 2.38. The number of carboxylic acid groups (broad SMARTS) is 2. The fraction of sp³-hybridized carbons (Fsp3) is 0.886. The highest BCUT2D eigenvalue weighted by molar-refractivity contribution is 5.86. The summed E-state index contributed by atoms with van der Waals surface area (Å²) in [7, 11) is 0. The Bertz CT molecular complexity index is 1320. The third-order valence-electron chi connectivity index (χ3n) is 14.5. The fourth-order valence-corrected chi connectivity index (χ4v) is 10.8. The summed E-state index contributed by atoms with van der Waals surface area (Å²) < 4.78 is 17.9. The lowest BCUT2D eigenvalue weighted by molar-refractivity contribution is -0.158. The van der Waals surface area contributed by atoms with Crippen molar-refractivity contribution in [1.82, 2.24) is 10.8 Å². The third-order valence-corrected chi connectivity index (χ3v) is 14.5. The van der Waals surface area contributed by atoms with Crippen LogP contribution in [0.15, 0.2) is 0 Å². The van der Waals surface area contributed by atoms with Crippen LogP contribution in [0.3, 0.4) is 0 Å². The Morgan fingerprint density at radius 2 is 0.982 bits per heavy atom. The average molecular weight is 803 g/mol. The van der Waals surface area contributed by atoms with Gasteiger partial charge in [0, 0.05) is 12.1 Å². The molecule has 57 heavy (non-hydrogen) atoms. The van der Waals surface area contributed by atoms with Crippen molar-refractivity contribution in [3.8, 4) is 0 Å². The second kappa shape index (κ2) is 22.0. The van der Waals surface area contributed by atoms with Gasteiger partial charge in [-0.2, -0.15) is 5.48 Å². The molecule has 0 aromatic carbocycles. The summed E-state index contributed by atoms with van der Waals surface area (Å²) in [6.07, 6.45) is 20.9. The first-order chi connectivity index (χ1) is 27.6. The van der Waals surface area contributed by atoms with E-state index >= 15 is 0 Å². The summed E-state index contributed by atoms with van der Waals surface area (Å²) in [5.41, 5.74) is 3.19. The maximum atomic E-state index is 13.5. The quantitative estimate of drug-likeness (QED) is 0.0953. The van der Waals surface area contributed by atoms with Crippen LogP contribution in [0.2, 0.25) is 0 Å². The zero-order chi connectivity index (χ0) is 40.1. The smallest absolute Gasteiger partial charge is 0.308 e. The van der Waals surface area contributed by atoms with Crippen LogP contribution in [-0.2, 0) is 43.0 Å². The van der Waals surface area contributed by atoms with E-state index in [-0.39, 0.29) is 67.0 Å². The number of amides is 1. The molecule has 6 aliphatic rings. The Balaban J connectivity index is 0.859. The van der Waals surface area contributed by atoms with Crippen molar-refractivity contribution in [2.45, 2.75) is 178 Å². The first-order valence-electron chi connectivity index (χ1n) is 22.7. The van der Waals surface area contributed by atoms with Gasteiger partial charge in [0.1, 0.15) is 0 Å². The molecule has 6 saturated carbocycles. The van der Waals surface area contributed by atoms with Crippen LogP contribution >= 0.6 is 0 Å². The molecule has 0 bridgehead atoms. The molecule has 0 aromatic rings. The number of nitrogens with one attached hydrogen (secondary N) is 2. The number of aliphatic carboxylic acids is 2. The summed E-state index contributed by atoms with van der Waals surface area (Å²) in [6.45, 7) is 1.14. The predicted molar refractivity (Wildman–Crippen MR) is 209 cm³/mol. The second-order valence-electron chi connectivity index (χ2n) is 18.6. The Kier molecular flexibility index (Phi) is 16.9. The zero-order valence-corrected chi connectivity index (χ0v) is 34.1. The Morgan fingerprint density at radius 3 is 1.51 bits per heavy atom. The van der Waals surface area contributed by atoms with Crippen LogP contribution in [0.1, 0.15) is 154 Å². The topological polar surface area (TPSA) is 187 Å². The van der Waals surface area contributed by atoms with Crippen molar-refractivity contribution in [2.75, 3.05) is 19.8 Å². The number of hydroxylamine groups is 1. The Morgan fingerprint density at radius 1 is 0.491 bits per heavy atom. The normalized spacial score (nSPS) is 34.5. The summed E-state index contributed by atoms with van der Waals surface area (Å²) in [5, 5.41) is 22.9. The summed E-state index contributed by atoms with van der Waals surface area (Å²) in [6, 6.07) is 0.0987. The standard InChI is InChI=1S/C44H70N2O11/c47-40(39-24-31(12-22-38(39)42(50)51)44(53)55-26-29-9-5-2-6-10-29)45-33-13-17-35(18-14-33)57-36-19-15-34(16-20-36)46-56-27-32-23-30(11-21-37(32)41(48)49)43(52)54-25-28-7-3-1-4-8-28/h28-39,46H,1-27H2,(H,45,47)(H,48,49)(H,50,51). The van der Waals surface area contributed by atoms with Crippen LogP contribution in [0.25, 0.3) is 0 Å². The van der Waals surface area contributed by atoms with Crippen molar-refractivity contribution in [1.29, 1.82) is 0 Å². The van der Waals surface area contributed by atoms with E-state index in [0.29, 0.717) is 57.2 Å². The summed E-state index contributed by atoms with van der Waals surface area (Å²) in [5.74, 6) is -4.76. The summed E-state index contributed by atoms with van der Waals surface area (Å²) >= 11 is 0. The van der Waals surface area contributed by atoms with Crippen molar-refractivity contribution in [3.63, 3.8) is 0 Å². The molecule has 6 rings (SSSR count). The van der Waals surface area contributed by atoms with E-state index in [0.717, 1.165) is 77.0 Å². The minimum absolute atomic E-state index is 0.0464. The predicted octanol–water partition coefficient (Wildman–Crippen LogP) is 6.74. The molecular formula is C44H70N2O11. The number of rotatable bonds is 16. The number of carboxylic acids is 2. The SMILES string of the molecule is O=C(OCC1CCCCC1)C1CCC(C(=O)O)C(CONC2CCC(OC3CCC(NC(=O)C4CC(C(=O)OCC5CCCCC5)CCC4C(=O)O)CC3)CC2)C1. The molecule has 0 heterocycles. The molecular weight excluding hydrogens is 732 g/mol. The summed E-state index contributed by atoms with van der Waals surface area (Å²) in [4.78, 5) is 69.4. The van der Waals surface area contributed by atoms with Crippen LogP contribution in [-0.4, -0.2) is 84.1 Å². The monoisotopic (exact) mass is 802 g/mol. The van der Waals surface area contributed by atoms with Gasteiger partial charge in [0.15, 0.2) is 0 Å². The number of esters is 2. The van der Waals surface area contributed by atoms with Gasteiger partial charge in [0.05, 0.1) is 61.6 Å². The molecule has 6 unspecified atom stereocenters. The fourth-order valence-electron chi connectivity index (χ4n) is 10.8. The molecule has 0 aromatic heterocycles. The molecule has 13 nitrogen and oxygen atoms in total. The van der Waals surface area contributed by atoms with Crippen molar-refractivity contribution >= 4 is 29.8 Å². The lowest BCUT2D eigenvalue weighted by atomic mass is 9.73. The van der Waals surface area contributed by atoms with E-state index in [9.17, 15) is 34.2 Å². The molecule has 13 heteroatoms. The Labute approximate surface area is 338 Å². The molecule has 6 fully saturated rings. The molecule has 0 saturated heterocycles. The molecule has 0 radical (unpaired) electrons. The molecule has 6 atom stereocenters. The number of ether oxygens (including phenoxy) is 3. The molecule has 4 N–H and O–H groups in total. The van der Waals surface area contributed by atoms with Gasteiger partial charge in [-0.25, -0.2) is 0 Å². The molecule has 6 aliphatic carbocycles. The van der Waals surface area contributed by atoms with E-state index < -0.39 is 35.6 Å². The first-order valence-corrected chi connectivity index (χ1v) is 22.7.